The van der Waals surface area contributed by atoms with Gasteiger partial charge in [0.25, 0.3) is 11.8 Å². The summed E-state index contributed by atoms with van der Waals surface area (Å²) < 4.78 is 2.12. The Balaban J connectivity index is 1.73. The van der Waals surface area contributed by atoms with Crippen LogP contribution in [-0.4, -0.2) is 21.5 Å². The maximum atomic E-state index is 13.4. The number of aryl methyl sites for hydroxylation is 2. The summed E-state index contributed by atoms with van der Waals surface area (Å²) >= 11 is 11.6. The van der Waals surface area contributed by atoms with Gasteiger partial charge in [0, 0.05) is 22.1 Å². The minimum Gasteiger partial charge on any atom is -0.318 e. The number of carbonyl (C=O) groups is 2. The van der Waals surface area contributed by atoms with Gasteiger partial charge in [-0.1, -0.05) is 50.6 Å². The number of hydrogen-bond acceptors (Lipinski definition) is 3. The Bertz CT molecular complexity index is 1390. The molecule has 2 aromatic carbocycles. The fourth-order valence-corrected chi connectivity index (χ4v) is 4.67. The van der Waals surface area contributed by atoms with Crippen molar-refractivity contribution in [3.05, 3.63) is 87.2 Å². The molecule has 35 heavy (non-hydrogen) atoms. The first-order chi connectivity index (χ1) is 16.4. The maximum absolute atomic E-state index is 13.4. The third-order valence-corrected chi connectivity index (χ3v) is 6.97. The molecule has 1 aliphatic heterocycles. The second-order valence-electron chi connectivity index (χ2n) is 9.85. The predicted molar refractivity (Wildman–Crippen MR) is 146 cm³/mol. The molecule has 0 radical (unpaired) electrons. The number of anilines is 1. The van der Waals surface area contributed by atoms with Gasteiger partial charge in [-0.05, 0) is 91.5 Å². The maximum Gasteiger partial charge on any atom is 0.270 e. The van der Waals surface area contributed by atoms with E-state index in [1.54, 1.807) is 18.2 Å². The van der Waals surface area contributed by atoms with E-state index in [0.29, 0.717) is 10.7 Å². The Labute approximate surface area is 216 Å². The first-order valence-corrected chi connectivity index (χ1v) is 12.1. The van der Waals surface area contributed by atoms with Crippen molar-refractivity contribution in [2.75, 3.05) is 4.90 Å². The lowest BCUT2D eigenvalue weighted by Crippen LogP contribution is -2.54. The van der Waals surface area contributed by atoms with Crippen LogP contribution in [-0.2, 0) is 15.0 Å². The first kappa shape index (κ1) is 24.9. The van der Waals surface area contributed by atoms with E-state index in [-0.39, 0.29) is 16.1 Å². The van der Waals surface area contributed by atoms with Crippen molar-refractivity contribution in [2.24, 2.45) is 0 Å². The fourth-order valence-electron chi connectivity index (χ4n) is 4.21. The summed E-state index contributed by atoms with van der Waals surface area (Å²) in [6, 6.07) is 15.7. The average Bonchev–Trinajstić information content (AvgIpc) is 3.05. The van der Waals surface area contributed by atoms with E-state index in [2.05, 4.69) is 54.9 Å². The van der Waals surface area contributed by atoms with Gasteiger partial charge >= 0.3 is 0 Å². The van der Waals surface area contributed by atoms with Crippen LogP contribution in [0.2, 0.25) is 5.02 Å². The zero-order valence-corrected chi connectivity index (χ0v) is 22.3. The van der Waals surface area contributed by atoms with Crippen LogP contribution in [0.15, 0.2) is 54.1 Å². The van der Waals surface area contributed by atoms with Crippen LogP contribution in [0.25, 0.3) is 11.8 Å². The zero-order chi connectivity index (χ0) is 25.7. The number of nitrogens with zero attached hydrogens (tertiary/aromatic N) is 2. The highest BCUT2D eigenvalue weighted by Crippen LogP contribution is 2.29. The van der Waals surface area contributed by atoms with Crippen LogP contribution in [0.4, 0.5) is 5.69 Å². The van der Waals surface area contributed by atoms with E-state index >= 15 is 0 Å². The molecule has 2 heterocycles. The quantitative estimate of drug-likeness (QED) is 0.262. The molecule has 7 heteroatoms. The van der Waals surface area contributed by atoms with Crippen molar-refractivity contribution in [3.63, 3.8) is 0 Å². The molecule has 1 aliphatic rings. The molecule has 3 aromatic rings. The van der Waals surface area contributed by atoms with E-state index in [1.165, 1.54) is 10.5 Å². The Morgan fingerprint density at radius 3 is 2.17 bits per heavy atom. The van der Waals surface area contributed by atoms with Crippen LogP contribution in [0.1, 0.15) is 48.8 Å². The smallest absolute Gasteiger partial charge is 0.270 e. The Kier molecular flexibility index (Phi) is 6.47. The molecule has 1 fully saturated rings. The fraction of sp³-hybridized carbons (Fsp3) is 0.250. The van der Waals surface area contributed by atoms with Gasteiger partial charge in [0.15, 0.2) is 5.11 Å². The molecule has 0 unspecified atom stereocenters. The molecule has 2 amide bonds. The number of halogens is 1. The third-order valence-electron chi connectivity index (χ3n) is 6.28. The van der Waals surface area contributed by atoms with Gasteiger partial charge in [0.1, 0.15) is 5.57 Å². The minimum absolute atomic E-state index is 0.0126. The standard InChI is InChI=1S/C28H28ClN3O2S/c1-16-7-10-22(15-24(16)29)32-26(34)23(25(33)30-27(32)35)14-19-13-17(2)31(18(19)3)21-11-8-20(9-12-21)28(4,5)6/h7-15H,1-6H3,(H,30,33,35)/b23-14+. The summed E-state index contributed by atoms with van der Waals surface area (Å²) in [5, 5.41) is 3.18. The summed E-state index contributed by atoms with van der Waals surface area (Å²) in [6.45, 7) is 12.4. The van der Waals surface area contributed by atoms with E-state index in [0.717, 1.165) is 28.2 Å². The molecule has 1 saturated heterocycles. The molecule has 1 N–H and O–H groups in total. The van der Waals surface area contributed by atoms with Crippen molar-refractivity contribution in [1.29, 1.82) is 0 Å². The molecule has 0 saturated carbocycles. The number of aromatic nitrogens is 1. The van der Waals surface area contributed by atoms with Crippen LogP contribution < -0.4 is 10.2 Å². The van der Waals surface area contributed by atoms with Crippen molar-refractivity contribution >= 4 is 52.5 Å². The SMILES string of the molecule is Cc1ccc(N2C(=O)/C(=C/c3cc(C)n(-c4ccc(C(C)(C)C)cc4)c3C)C(=O)NC2=S)cc1Cl. The topological polar surface area (TPSA) is 54.3 Å². The highest BCUT2D eigenvalue weighted by molar-refractivity contribution is 7.80. The van der Waals surface area contributed by atoms with Gasteiger partial charge in [-0.3, -0.25) is 19.8 Å². The summed E-state index contributed by atoms with van der Waals surface area (Å²) in [5.41, 5.74) is 6.46. The predicted octanol–water partition coefficient (Wildman–Crippen LogP) is 6.18. The molecule has 0 atom stereocenters. The zero-order valence-electron chi connectivity index (χ0n) is 20.7. The highest BCUT2D eigenvalue weighted by atomic mass is 35.5. The first-order valence-electron chi connectivity index (χ1n) is 11.4. The molecule has 1 aromatic heterocycles. The van der Waals surface area contributed by atoms with E-state index in [9.17, 15) is 9.59 Å². The number of benzene rings is 2. The number of carbonyl (C=O) groups excluding carboxylic acids is 2. The van der Waals surface area contributed by atoms with Crippen LogP contribution in [0.3, 0.4) is 0 Å². The summed E-state index contributed by atoms with van der Waals surface area (Å²) in [6.07, 6.45) is 1.63. The second kappa shape index (κ2) is 9.10. The molecule has 180 valence electrons. The Hall–Kier alpha value is -3.22. The number of thiocarbonyl (C=S) groups is 1. The van der Waals surface area contributed by atoms with Gasteiger partial charge in [-0.2, -0.15) is 0 Å². The van der Waals surface area contributed by atoms with Gasteiger partial charge in [0.05, 0.1) is 5.69 Å². The molecule has 0 aliphatic carbocycles. The lowest BCUT2D eigenvalue weighted by molar-refractivity contribution is -0.122. The number of nitrogens with one attached hydrogen (secondary N) is 1. The summed E-state index contributed by atoms with van der Waals surface area (Å²) in [5.74, 6) is -1.01. The van der Waals surface area contributed by atoms with Crippen LogP contribution in [0.5, 0.6) is 0 Å². The largest absolute Gasteiger partial charge is 0.318 e. The second-order valence-corrected chi connectivity index (χ2v) is 10.6. The lowest BCUT2D eigenvalue weighted by atomic mass is 9.87. The monoisotopic (exact) mass is 505 g/mol. The summed E-state index contributed by atoms with van der Waals surface area (Å²) in [7, 11) is 0. The van der Waals surface area contributed by atoms with Crippen molar-refractivity contribution in [1.82, 2.24) is 9.88 Å². The van der Waals surface area contributed by atoms with E-state index in [4.69, 9.17) is 23.8 Å². The molecule has 4 rings (SSSR count). The van der Waals surface area contributed by atoms with Crippen LogP contribution >= 0.6 is 23.8 Å². The van der Waals surface area contributed by atoms with Gasteiger partial charge in [-0.25, -0.2) is 0 Å². The normalized spacial score (nSPS) is 15.7. The lowest BCUT2D eigenvalue weighted by Gasteiger charge is -2.29. The Morgan fingerprint density at radius 2 is 1.57 bits per heavy atom. The number of amides is 2. The molecular weight excluding hydrogens is 478 g/mol. The van der Waals surface area contributed by atoms with Crippen molar-refractivity contribution in [2.45, 2.75) is 47.0 Å². The van der Waals surface area contributed by atoms with Crippen LogP contribution in [0, 0.1) is 20.8 Å². The van der Waals surface area contributed by atoms with E-state index in [1.807, 2.05) is 32.9 Å². The van der Waals surface area contributed by atoms with Gasteiger partial charge in [0.2, 0.25) is 0 Å². The molecule has 0 bridgehead atoms. The molecule has 5 nitrogen and oxygen atoms in total. The molecular formula is C28H28ClN3O2S. The highest BCUT2D eigenvalue weighted by Gasteiger charge is 2.35. The molecule has 0 spiro atoms. The third kappa shape index (κ3) is 4.68. The van der Waals surface area contributed by atoms with Crippen molar-refractivity contribution < 1.29 is 9.59 Å². The summed E-state index contributed by atoms with van der Waals surface area (Å²) in [4.78, 5) is 27.5. The van der Waals surface area contributed by atoms with Crippen molar-refractivity contribution in [3.8, 4) is 5.69 Å². The van der Waals surface area contributed by atoms with Gasteiger partial charge < -0.3 is 4.57 Å². The van der Waals surface area contributed by atoms with E-state index < -0.39 is 11.8 Å². The average molecular weight is 506 g/mol. The number of hydrogen-bond donors (Lipinski definition) is 1. The van der Waals surface area contributed by atoms with Gasteiger partial charge in [-0.15, -0.1) is 0 Å². The number of rotatable bonds is 3. The minimum atomic E-state index is -0.520. The Morgan fingerprint density at radius 1 is 0.943 bits per heavy atom.